The van der Waals surface area contributed by atoms with Gasteiger partial charge in [0.05, 0.1) is 16.3 Å². The third kappa shape index (κ3) is 4.34. The molecule has 0 spiro atoms. The maximum absolute atomic E-state index is 11.7. The van der Waals surface area contributed by atoms with Crippen molar-refractivity contribution in [3.05, 3.63) is 29.3 Å². The van der Waals surface area contributed by atoms with Crippen LogP contribution in [0.4, 0.5) is 0 Å². The van der Waals surface area contributed by atoms with Gasteiger partial charge < -0.3 is 15.6 Å². The second-order valence-electron chi connectivity index (χ2n) is 5.46. The molecule has 1 aliphatic carbocycles. The van der Waals surface area contributed by atoms with Gasteiger partial charge in [-0.25, -0.2) is 0 Å². The Bertz CT molecular complexity index is 608. The first-order valence-electron chi connectivity index (χ1n) is 7.32. The molecule has 0 aromatic carbocycles. The summed E-state index contributed by atoms with van der Waals surface area (Å²) in [4.78, 5) is 12.8. The molecular formula is C15H19N3O2S2. The highest BCUT2D eigenvalue weighted by Gasteiger charge is 2.28. The third-order valence-corrected chi connectivity index (χ3v) is 5.42. The molecule has 1 aliphatic rings. The largest absolute Gasteiger partial charge is 0.355 e. The lowest BCUT2D eigenvalue weighted by molar-refractivity contribution is -0.118. The number of hydrogen-bond donors (Lipinski definition) is 2. The summed E-state index contributed by atoms with van der Waals surface area (Å²) >= 11 is 3.15. The lowest BCUT2D eigenvalue weighted by Crippen LogP contribution is -2.39. The Kier molecular flexibility index (Phi) is 5.17. The van der Waals surface area contributed by atoms with Crippen molar-refractivity contribution in [3.63, 3.8) is 0 Å². The summed E-state index contributed by atoms with van der Waals surface area (Å²) in [7, 11) is 0. The van der Waals surface area contributed by atoms with Crippen molar-refractivity contribution in [1.29, 1.82) is 0 Å². The fraction of sp³-hybridized carbons (Fsp3) is 0.467. The highest BCUT2D eigenvalue weighted by Crippen LogP contribution is 2.31. The number of hydrogen-bond acceptors (Lipinski definition) is 6. The maximum Gasteiger partial charge on any atom is 0.230 e. The maximum atomic E-state index is 11.7. The number of thiophene rings is 1. The number of nitrogens with two attached hydrogens (primary N) is 1. The molecule has 1 atom stereocenters. The molecule has 5 nitrogen and oxygen atoms in total. The van der Waals surface area contributed by atoms with E-state index in [2.05, 4.69) is 10.5 Å². The Hall–Kier alpha value is -1.31. The summed E-state index contributed by atoms with van der Waals surface area (Å²) in [5.41, 5.74) is 6.81. The average molecular weight is 337 g/mol. The molecule has 2 aromatic heterocycles. The van der Waals surface area contributed by atoms with Crippen LogP contribution in [0.1, 0.15) is 18.5 Å². The molecule has 118 valence electrons. The van der Waals surface area contributed by atoms with Gasteiger partial charge in [0.25, 0.3) is 0 Å². The van der Waals surface area contributed by atoms with Gasteiger partial charge in [-0.05, 0) is 30.2 Å². The van der Waals surface area contributed by atoms with E-state index < -0.39 is 0 Å². The minimum Gasteiger partial charge on any atom is -0.355 e. The summed E-state index contributed by atoms with van der Waals surface area (Å²) in [6.45, 7) is 0.580. The molecule has 0 aliphatic heterocycles. The van der Waals surface area contributed by atoms with Gasteiger partial charge in [-0.2, -0.15) is 0 Å². The highest BCUT2D eigenvalue weighted by molar-refractivity contribution is 7.99. The standard InChI is InChI=1S/C15H19N3O2S2/c16-12(10-3-4-10)7-17-15(19)9-21-8-11-6-13(20-18-11)14-2-1-5-22-14/h1-2,5-6,10,12H,3-4,7-9,16H2,(H,17,19). The highest BCUT2D eigenvalue weighted by atomic mass is 32.2. The first-order chi connectivity index (χ1) is 10.7. The third-order valence-electron chi connectivity index (χ3n) is 3.57. The Labute approximate surface area is 137 Å². The SMILES string of the molecule is NC(CNC(=O)CSCc1cc(-c2cccs2)on1)C1CC1. The van der Waals surface area contributed by atoms with Crippen LogP contribution in [-0.2, 0) is 10.5 Å². The number of thioether (sulfide) groups is 1. The second-order valence-corrected chi connectivity index (χ2v) is 7.39. The summed E-state index contributed by atoms with van der Waals surface area (Å²) in [6.07, 6.45) is 2.40. The Morgan fingerprint density at radius 2 is 2.45 bits per heavy atom. The Morgan fingerprint density at radius 1 is 1.59 bits per heavy atom. The number of carbonyl (C=O) groups excluding carboxylic acids is 1. The molecule has 0 saturated heterocycles. The van der Waals surface area contributed by atoms with Crippen molar-refractivity contribution in [1.82, 2.24) is 10.5 Å². The fourth-order valence-corrected chi connectivity index (χ4v) is 3.54. The summed E-state index contributed by atoms with van der Waals surface area (Å²) in [6, 6.07) is 6.02. The number of rotatable bonds is 8. The molecule has 0 radical (unpaired) electrons. The molecule has 2 heterocycles. The molecule has 22 heavy (non-hydrogen) atoms. The zero-order chi connectivity index (χ0) is 15.4. The van der Waals surface area contributed by atoms with E-state index in [-0.39, 0.29) is 11.9 Å². The molecule has 1 saturated carbocycles. The predicted octanol–water partition coefficient (Wildman–Crippen LogP) is 2.49. The number of carbonyl (C=O) groups is 1. The van der Waals surface area contributed by atoms with Gasteiger partial charge in [-0.15, -0.1) is 23.1 Å². The van der Waals surface area contributed by atoms with E-state index in [1.165, 1.54) is 24.6 Å². The zero-order valence-electron chi connectivity index (χ0n) is 12.2. The minimum absolute atomic E-state index is 0.0306. The number of nitrogens with one attached hydrogen (secondary N) is 1. The topological polar surface area (TPSA) is 81.1 Å². The van der Waals surface area contributed by atoms with E-state index in [1.54, 1.807) is 11.3 Å². The summed E-state index contributed by atoms with van der Waals surface area (Å²) in [5, 5.41) is 8.93. The first kappa shape index (κ1) is 15.6. The number of amides is 1. The van der Waals surface area contributed by atoms with E-state index in [0.717, 1.165) is 16.3 Å². The molecule has 7 heteroatoms. The normalized spacial score (nSPS) is 15.7. The van der Waals surface area contributed by atoms with Crippen molar-refractivity contribution >= 4 is 29.0 Å². The van der Waals surface area contributed by atoms with Crippen LogP contribution in [-0.4, -0.2) is 29.4 Å². The van der Waals surface area contributed by atoms with Gasteiger partial charge >= 0.3 is 0 Å². The van der Waals surface area contributed by atoms with Crippen LogP contribution >= 0.6 is 23.1 Å². The Morgan fingerprint density at radius 3 is 3.18 bits per heavy atom. The molecule has 1 amide bonds. The average Bonchev–Trinajstić information content (AvgIpc) is 3.02. The lowest BCUT2D eigenvalue weighted by atomic mass is 10.2. The fourth-order valence-electron chi connectivity index (χ4n) is 2.14. The zero-order valence-corrected chi connectivity index (χ0v) is 13.8. The van der Waals surface area contributed by atoms with E-state index in [4.69, 9.17) is 10.3 Å². The molecule has 3 N–H and O–H groups in total. The summed E-state index contributed by atoms with van der Waals surface area (Å²) < 4.78 is 5.31. The number of nitrogens with zero attached hydrogens (tertiary/aromatic N) is 1. The summed E-state index contributed by atoms with van der Waals surface area (Å²) in [5.74, 6) is 2.50. The van der Waals surface area contributed by atoms with Crippen molar-refractivity contribution in [3.8, 4) is 10.6 Å². The van der Waals surface area contributed by atoms with Gasteiger partial charge in [-0.1, -0.05) is 11.2 Å². The van der Waals surface area contributed by atoms with E-state index >= 15 is 0 Å². The first-order valence-corrected chi connectivity index (χ1v) is 9.35. The molecule has 0 bridgehead atoms. The Balaban J connectivity index is 1.36. The predicted molar refractivity (Wildman–Crippen MR) is 89.7 cm³/mol. The van der Waals surface area contributed by atoms with Crippen LogP contribution in [0.25, 0.3) is 10.6 Å². The smallest absolute Gasteiger partial charge is 0.230 e. The molecule has 2 aromatic rings. The minimum atomic E-state index is 0.0306. The van der Waals surface area contributed by atoms with Crippen molar-refractivity contribution in [2.45, 2.75) is 24.6 Å². The van der Waals surface area contributed by atoms with E-state index in [0.29, 0.717) is 24.0 Å². The van der Waals surface area contributed by atoms with Gasteiger partial charge in [0, 0.05) is 24.4 Å². The van der Waals surface area contributed by atoms with Gasteiger partial charge in [0.1, 0.15) is 0 Å². The van der Waals surface area contributed by atoms with Crippen molar-refractivity contribution in [2.75, 3.05) is 12.3 Å². The van der Waals surface area contributed by atoms with Crippen LogP contribution in [0.5, 0.6) is 0 Å². The van der Waals surface area contributed by atoms with Crippen LogP contribution in [0.15, 0.2) is 28.1 Å². The lowest BCUT2D eigenvalue weighted by Gasteiger charge is -2.11. The van der Waals surface area contributed by atoms with Crippen molar-refractivity contribution < 1.29 is 9.32 Å². The van der Waals surface area contributed by atoms with Gasteiger partial charge in [0.15, 0.2) is 5.76 Å². The molecular weight excluding hydrogens is 318 g/mol. The number of aromatic nitrogens is 1. The van der Waals surface area contributed by atoms with Crippen LogP contribution in [0.3, 0.4) is 0 Å². The molecule has 1 unspecified atom stereocenters. The van der Waals surface area contributed by atoms with E-state index in [9.17, 15) is 4.79 Å². The van der Waals surface area contributed by atoms with Crippen LogP contribution in [0.2, 0.25) is 0 Å². The monoisotopic (exact) mass is 337 g/mol. The quantitative estimate of drug-likeness (QED) is 0.773. The second kappa shape index (κ2) is 7.30. The van der Waals surface area contributed by atoms with Crippen LogP contribution in [0, 0.1) is 5.92 Å². The van der Waals surface area contributed by atoms with E-state index in [1.807, 2.05) is 23.6 Å². The molecule has 3 rings (SSSR count). The van der Waals surface area contributed by atoms with Crippen molar-refractivity contribution in [2.24, 2.45) is 11.7 Å². The molecule has 1 fully saturated rings. The van der Waals surface area contributed by atoms with Gasteiger partial charge in [0.2, 0.25) is 5.91 Å². The van der Waals surface area contributed by atoms with Gasteiger partial charge in [-0.3, -0.25) is 4.79 Å². The van der Waals surface area contributed by atoms with Crippen LogP contribution < -0.4 is 11.1 Å².